The predicted octanol–water partition coefficient (Wildman–Crippen LogP) is 0.217. The monoisotopic (exact) mass is 252 g/mol. The Balaban J connectivity index is 2.73. The van der Waals surface area contributed by atoms with Crippen molar-refractivity contribution in [1.82, 2.24) is 10.3 Å². The maximum atomic E-state index is 11.5. The van der Waals surface area contributed by atoms with Crippen LogP contribution in [0.4, 0.5) is 5.69 Å². The summed E-state index contributed by atoms with van der Waals surface area (Å²) in [4.78, 5) is 15.5. The lowest BCUT2D eigenvalue weighted by Crippen LogP contribution is -2.28. The van der Waals surface area contributed by atoms with E-state index in [-0.39, 0.29) is 11.9 Å². The van der Waals surface area contributed by atoms with Crippen LogP contribution in [0.5, 0.6) is 0 Å². The lowest BCUT2D eigenvalue weighted by atomic mass is 10.2. The Morgan fingerprint density at radius 2 is 2.39 bits per heavy atom. The van der Waals surface area contributed by atoms with Gasteiger partial charge in [0.1, 0.15) is 5.69 Å². The summed E-state index contributed by atoms with van der Waals surface area (Å²) >= 11 is 0. The van der Waals surface area contributed by atoms with Crippen molar-refractivity contribution in [2.45, 2.75) is 12.5 Å². The van der Waals surface area contributed by atoms with E-state index in [1.165, 1.54) is 0 Å². The average Bonchev–Trinajstić information content (AvgIpc) is 2.39. The van der Waals surface area contributed by atoms with Crippen LogP contribution in [-0.4, -0.2) is 44.2 Å². The molecular weight excluding hydrogens is 232 g/mol. The molecule has 1 aromatic rings. The Labute approximate surface area is 107 Å². The summed E-state index contributed by atoms with van der Waals surface area (Å²) in [5.41, 5.74) is 6.75. The molecule has 0 fully saturated rings. The largest absolute Gasteiger partial charge is 0.383 e. The van der Waals surface area contributed by atoms with Crippen molar-refractivity contribution in [3.63, 3.8) is 0 Å². The summed E-state index contributed by atoms with van der Waals surface area (Å²) in [5.74, 6) is -0.208. The molecule has 100 valence electrons. The Hall–Kier alpha value is -1.66. The van der Waals surface area contributed by atoms with Crippen LogP contribution in [-0.2, 0) is 4.74 Å². The van der Waals surface area contributed by atoms with Gasteiger partial charge in [-0.1, -0.05) is 0 Å². The molecule has 0 aromatic carbocycles. The average molecular weight is 252 g/mol. The summed E-state index contributed by atoms with van der Waals surface area (Å²) in [7, 11) is 3.22. The molecule has 18 heavy (non-hydrogen) atoms. The third-order valence-electron chi connectivity index (χ3n) is 2.47. The molecule has 0 spiro atoms. The van der Waals surface area contributed by atoms with E-state index in [1.807, 2.05) is 6.07 Å². The van der Waals surface area contributed by atoms with Crippen LogP contribution in [0.25, 0.3) is 0 Å². The fourth-order valence-electron chi connectivity index (χ4n) is 1.61. The number of nitrogens with two attached hydrogens (primary N) is 1. The third-order valence-corrected chi connectivity index (χ3v) is 2.47. The molecule has 1 atom stereocenters. The molecule has 0 aliphatic rings. The molecule has 1 unspecified atom stereocenters. The van der Waals surface area contributed by atoms with Crippen LogP contribution < -0.4 is 16.4 Å². The molecule has 4 N–H and O–H groups in total. The lowest BCUT2D eigenvalue weighted by molar-refractivity contribution is 0.0958. The first-order chi connectivity index (χ1) is 8.71. The van der Waals surface area contributed by atoms with E-state index in [1.54, 1.807) is 26.4 Å². The molecule has 1 rings (SSSR count). The number of pyridine rings is 1. The minimum atomic E-state index is -0.208. The standard InChI is InChI=1S/C12H20N4O2/c1-14-12(17)11-7-9(4-6-15-11)16-10(3-5-13)8-18-2/h4,6-7,10H,3,5,8,13H2,1-2H3,(H,14,17)(H,15,16). The summed E-state index contributed by atoms with van der Waals surface area (Å²) in [6.07, 6.45) is 2.39. The van der Waals surface area contributed by atoms with E-state index in [9.17, 15) is 4.79 Å². The van der Waals surface area contributed by atoms with Gasteiger partial charge in [-0.2, -0.15) is 0 Å². The van der Waals surface area contributed by atoms with Crippen molar-refractivity contribution in [1.29, 1.82) is 0 Å². The van der Waals surface area contributed by atoms with Crippen LogP contribution in [0.15, 0.2) is 18.3 Å². The highest BCUT2D eigenvalue weighted by molar-refractivity contribution is 5.92. The zero-order valence-electron chi connectivity index (χ0n) is 10.8. The van der Waals surface area contributed by atoms with Crippen molar-refractivity contribution in [3.8, 4) is 0 Å². The molecule has 1 heterocycles. The maximum absolute atomic E-state index is 11.5. The summed E-state index contributed by atoms with van der Waals surface area (Å²) in [6.45, 7) is 1.14. The molecule has 0 radical (unpaired) electrons. The molecule has 6 nitrogen and oxygen atoms in total. The van der Waals surface area contributed by atoms with E-state index in [0.29, 0.717) is 18.8 Å². The first-order valence-corrected chi connectivity index (χ1v) is 5.85. The zero-order valence-corrected chi connectivity index (χ0v) is 10.8. The number of hydrogen-bond donors (Lipinski definition) is 3. The Morgan fingerprint density at radius 1 is 1.61 bits per heavy atom. The van der Waals surface area contributed by atoms with Crippen LogP contribution in [0.2, 0.25) is 0 Å². The summed E-state index contributed by atoms with van der Waals surface area (Å²) in [6, 6.07) is 3.64. The van der Waals surface area contributed by atoms with Gasteiger partial charge in [0, 0.05) is 26.0 Å². The Kier molecular flexibility index (Phi) is 6.10. The highest BCUT2D eigenvalue weighted by atomic mass is 16.5. The molecule has 0 aliphatic carbocycles. The van der Waals surface area contributed by atoms with Gasteiger partial charge in [0.05, 0.1) is 12.6 Å². The molecule has 6 heteroatoms. The SMILES string of the molecule is CNC(=O)c1cc(NC(CCN)COC)ccn1. The topological polar surface area (TPSA) is 89.3 Å². The second kappa shape index (κ2) is 7.62. The van der Waals surface area contributed by atoms with Gasteiger partial charge < -0.3 is 21.1 Å². The van der Waals surface area contributed by atoms with Crippen molar-refractivity contribution < 1.29 is 9.53 Å². The molecule has 0 bridgehead atoms. The number of nitrogens with one attached hydrogen (secondary N) is 2. The van der Waals surface area contributed by atoms with Gasteiger partial charge in [-0.25, -0.2) is 0 Å². The number of carbonyl (C=O) groups excluding carboxylic acids is 1. The first kappa shape index (κ1) is 14.4. The predicted molar refractivity (Wildman–Crippen MR) is 70.6 cm³/mol. The second-order valence-electron chi connectivity index (χ2n) is 3.88. The van der Waals surface area contributed by atoms with Gasteiger partial charge >= 0.3 is 0 Å². The summed E-state index contributed by atoms with van der Waals surface area (Å²) < 4.78 is 5.11. The van der Waals surface area contributed by atoms with E-state index >= 15 is 0 Å². The van der Waals surface area contributed by atoms with Crippen LogP contribution in [0, 0.1) is 0 Å². The third kappa shape index (κ3) is 4.31. The molecule has 0 aliphatic heterocycles. The van der Waals surface area contributed by atoms with Gasteiger partial charge in [0.15, 0.2) is 0 Å². The van der Waals surface area contributed by atoms with E-state index in [0.717, 1.165) is 12.1 Å². The molecule has 0 saturated carbocycles. The Morgan fingerprint density at radius 3 is 3.00 bits per heavy atom. The van der Waals surface area contributed by atoms with Crippen molar-refractivity contribution in [2.24, 2.45) is 5.73 Å². The van der Waals surface area contributed by atoms with Gasteiger partial charge in [-0.3, -0.25) is 9.78 Å². The smallest absolute Gasteiger partial charge is 0.269 e. The highest BCUT2D eigenvalue weighted by Crippen LogP contribution is 2.11. The fourth-order valence-corrected chi connectivity index (χ4v) is 1.61. The van der Waals surface area contributed by atoms with Crippen molar-refractivity contribution >= 4 is 11.6 Å². The van der Waals surface area contributed by atoms with E-state index in [4.69, 9.17) is 10.5 Å². The minimum absolute atomic E-state index is 0.125. The molecule has 1 amide bonds. The van der Waals surface area contributed by atoms with Crippen molar-refractivity contribution in [3.05, 3.63) is 24.0 Å². The highest BCUT2D eigenvalue weighted by Gasteiger charge is 2.09. The second-order valence-corrected chi connectivity index (χ2v) is 3.88. The van der Waals surface area contributed by atoms with Gasteiger partial charge in [0.25, 0.3) is 5.91 Å². The Bertz CT molecular complexity index is 378. The molecular formula is C12H20N4O2. The fraction of sp³-hybridized carbons (Fsp3) is 0.500. The number of nitrogens with zero attached hydrogens (tertiary/aromatic N) is 1. The van der Waals surface area contributed by atoms with Crippen LogP contribution in [0.3, 0.4) is 0 Å². The van der Waals surface area contributed by atoms with Gasteiger partial charge in [0.2, 0.25) is 0 Å². The number of aromatic nitrogens is 1. The van der Waals surface area contributed by atoms with E-state index in [2.05, 4.69) is 15.6 Å². The number of methoxy groups -OCH3 is 1. The van der Waals surface area contributed by atoms with Gasteiger partial charge in [-0.15, -0.1) is 0 Å². The number of hydrogen-bond acceptors (Lipinski definition) is 5. The van der Waals surface area contributed by atoms with Crippen molar-refractivity contribution in [2.75, 3.05) is 32.6 Å². The molecule has 0 saturated heterocycles. The minimum Gasteiger partial charge on any atom is -0.383 e. The number of carbonyl (C=O) groups is 1. The number of amides is 1. The summed E-state index contributed by atoms with van der Waals surface area (Å²) in [5, 5.41) is 5.81. The van der Waals surface area contributed by atoms with Crippen LogP contribution in [0.1, 0.15) is 16.9 Å². The number of ether oxygens (including phenoxy) is 1. The first-order valence-electron chi connectivity index (χ1n) is 5.85. The van der Waals surface area contributed by atoms with E-state index < -0.39 is 0 Å². The lowest BCUT2D eigenvalue weighted by Gasteiger charge is -2.18. The van der Waals surface area contributed by atoms with Crippen LogP contribution >= 0.6 is 0 Å². The van der Waals surface area contributed by atoms with Gasteiger partial charge in [-0.05, 0) is 25.1 Å². The zero-order chi connectivity index (χ0) is 13.4. The quantitative estimate of drug-likeness (QED) is 0.646. The number of rotatable bonds is 7. The normalized spacial score (nSPS) is 11.9. The number of anilines is 1. The molecule has 1 aromatic heterocycles. The maximum Gasteiger partial charge on any atom is 0.269 e.